The molecule has 1 fully saturated rings. The van der Waals surface area contributed by atoms with E-state index in [4.69, 9.17) is 23.8 Å². The molecule has 0 saturated carbocycles. The van der Waals surface area contributed by atoms with Gasteiger partial charge in [0, 0.05) is 6.54 Å². The molecule has 8 heavy (non-hydrogen) atoms. The van der Waals surface area contributed by atoms with Crippen molar-refractivity contribution in [1.29, 1.82) is 0 Å². The SMILES string of the molecule is S=C1NCCC(Cl)N1. The van der Waals surface area contributed by atoms with E-state index in [9.17, 15) is 0 Å². The molecule has 1 unspecified atom stereocenters. The minimum absolute atomic E-state index is 0.0312. The van der Waals surface area contributed by atoms with Gasteiger partial charge in [-0.15, -0.1) is 0 Å². The van der Waals surface area contributed by atoms with E-state index in [0.717, 1.165) is 13.0 Å². The molecule has 0 radical (unpaired) electrons. The molecular weight excluding hydrogens is 144 g/mol. The monoisotopic (exact) mass is 150 g/mol. The summed E-state index contributed by atoms with van der Waals surface area (Å²) in [7, 11) is 0. The van der Waals surface area contributed by atoms with Crippen LogP contribution in [0.4, 0.5) is 0 Å². The third-order valence-electron chi connectivity index (χ3n) is 0.971. The third-order valence-corrected chi connectivity index (χ3v) is 1.56. The van der Waals surface area contributed by atoms with Crippen LogP contribution in [0.3, 0.4) is 0 Å². The van der Waals surface area contributed by atoms with Crippen LogP contribution in [0, 0.1) is 0 Å². The molecule has 0 bridgehead atoms. The van der Waals surface area contributed by atoms with Crippen molar-refractivity contribution in [1.82, 2.24) is 10.6 Å². The molecule has 1 rings (SSSR count). The summed E-state index contributed by atoms with van der Waals surface area (Å²) >= 11 is 10.4. The fourth-order valence-electron chi connectivity index (χ4n) is 0.578. The fraction of sp³-hybridized carbons (Fsp3) is 0.750. The van der Waals surface area contributed by atoms with Gasteiger partial charge < -0.3 is 10.6 Å². The molecule has 1 aliphatic heterocycles. The topological polar surface area (TPSA) is 24.1 Å². The maximum Gasteiger partial charge on any atom is 0.167 e. The Morgan fingerprint density at radius 2 is 2.50 bits per heavy atom. The lowest BCUT2D eigenvalue weighted by Crippen LogP contribution is -2.46. The van der Waals surface area contributed by atoms with Crippen molar-refractivity contribution in [2.24, 2.45) is 0 Å². The Bertz CT molecular complexity index is 106. The van der Waals surface area contributed by atoms with Crippen LogP contribution in [0.5, 0.6) is 0 Å². The van der Waals surface area contributed by atoms with E-state index < -0.39 is 0 Å². The molecule has 0 spiro atoms. The summed E-state index contributed by atoms with van der Waals surface area (Å²) in [6.45, 7) is 0.889. The smallest absolute Gasteiger partial charge is 0.167 e. The molecule has 0 amide bonds. The van der Waals surface area contributed by atoms with Gasteiger partial charge in [0.25, 0.3) is 0 Å². The molecule has 2 N–H and O–H groups in total. The highest BCUT2D eigenvalue weighted by Crippen LogP contribution is 1.99. The second-order valence-corrected chi connectivity index (χ2v) is 2.59. The van der Waals surface area contributed by atoms with E-state index in [2.05, 4.69) is 10.6 Å². The molecule has 0 aromatic carbocycles. The molecule has 2 nitrogen and oxygen atoms in total. The summed E-state index contributed by atoms with van der Waals surface area (Å²) in [5, 5.41) is 6.48. The Hall–Kier alpha value is -0.0200. The number of hydrogen-bond donors (Lipinski definition) is 2. The van der Waals surface area contributed by atoms with E-state index in [-0.39, 0.29) is 5.50 Å². The van der Waals surface area contributed by atoms with E-state index >= 15 is 0 Å². The van der Waals surface area contributed by atoms with Crippen LogP contribution >= 0.6 is 23.8 Å². The van der Waals surface area contributed by atoms with E-state index in [0.29, 0.717) is 5.11 Å². The van der Waals surface area contributed by atoms with Gasteiger partial charge in [0.2, 0.25) is 0 Å². The minimum atomic E-state index is 0.0312. The highest BCUT2D eigenvalue weighted by Gasteiger charge is 2.10. The first kappa shape index (κ1) is 6.11. The molecule has 1 aliphatic rings. The Morgan fingerprint density at radius 1 is 1.75 bits per heavy atom. The summed E-state index contributed by atoms with van der Waals surface area (Å²) in [4.78, 5) is 0. The maximum absolute atomic E-state index is 5.67. The van der Waals surface area contributed by atoms with Gasteiger partial charge in [0.05, 0.1) is 0 Å². The van der Waals surface area contributed by atoms with E-state index in [1.165, 1.54) is 0 Å². The van der Waals surface area contributed by atoms with Crippen LogP contribution in [-0.2, 0) is 0 Å². The van der Waals surface area contributed by atoms with Crippen LogP contribution in [0.2, 0.25) is 0 Å². The number of rotatable bonds is 0. The lowest BCUT2D eigenvalue weighted by atomic mass is 10.4. The zero-order valence-electron chi connectivity index (χ0n) is 4.28. The normalized spacial score (nSPS) is 28.6. The summed E-state index contributed by atoms with van der Waals surface area (Å²) in [5.74, 6) is 0. The van der Waals surface area contributed by atoms with Crippen molar-refractivity contribution in [2.75, 3.05) is 6.54 Å². The lowest BCUT2D eigenvalue weighted by molar-refractivity contribution is 0.636. The van der Waals surface area contributed by atoms with Crippen molar-refractivity contribution in [3.8, 4) is 0 Å². The van der Waals surface area contributed by atoms with Crippen molar-refractivity contribution >= 4 is 28.9 Å². The molecule has 0 aromatic heterocycles. The number of nitrogens with one attached hydrogen (secondary N) is 2. The van der Waals surface area contributed by atoms with Gasteiger partial charge in [-0.3, -0.25) is 0 Å². The Kier molecular flexibility index (Phi) is 1.91. The van der Waals surface area contributed by atoms with Crippen LogP contribution in [0.1, 0.15) is 6.42 Å². The summed E-state index contributed by atoms with van der Waals surface area (Å²) in [6.07, 6.45) is 0.932. The van der Waals surface area contributed by atoms with Crippen molar-refractivity contribution < 1.29 is 0 Å². The molecular formula is C4H7ClN2S. The second kappa shape index (κ2) is 2.51. The Balaban J connectivity index is 2.34. The van der Waals surface area contributed by atoms with E-state index in [1.807, 2.05) is 0 Å². The maximum atomic E-state index is 5.67. The van der Waals surface area contributed by atoms with Gasteiger partial charge in [-0.05, 0) is 18.6 Å². The number of alkyl halides is 1. The van der Waals surface area contributed by atoms with Gasteiger partial charge in [0.1, 0.15) is 5.50 Å². The Morgan fingerprint density at radius 3 is 2.88 bits per heavy atom. The first-order valence-corrected chi connectivity index (χ1v) is 3.32. The zero-order chi connectivity index (χ0) is 5.98. The third kappa shape index (κ3) is 1.49. The summed E-state index contributed by atoms with van der Waals surface area (Å²) in [6, 6.07) is 0. The minimum Gasteiger partial charge on any atom is -0.363 e. The van der Waals surface area contributed by atoms with Crippen molar-refractivity contribution in [3.63, 3.8) is 0 Å². The van der Waals surface area contributed by atoms with Gasteiger partial charge in [0.15, 0.2) is 5.11 Å². The molecule has 46 valence electrons. The highest BCUT2D eigenvalue weighted by molar-refractivity contribution is 7.80. The first-order valence-electron chi connectivity index (χ1n) is 2.47. The molecule has 0 aromatic rings. The largest absolute Gasteiger partial charge is 0.363 e. The number of thiocarbonyl (C=S) groups is 1. The summed E-state index contributed by atoms with van der Waals surface area (Å²) in [5.41, 5.74) is 0.0312. The molecule has 4 heteroatoms. The standard InChI is InChI=1S/C4H7ClN2S/c5-3-1-2-6-4(8)7-3/h3H,1-2H2,(H2,6,7,8). The number of hydrogen-bond acceptors (Lipinski definition) is 1. The zero-order valence-corrected chi connectivity index (χ0v) is 5.85. The Labute approximate surface area is 58.6 Å². The average Bonchev–Trinajstić information content (AvgIpc) is 1.64. The van der Waals surface area contributed by atoms with Gasteiger partial charge in [-0.25, -0.2) is 0 Å². The molecule has 1 atom stereocenters. The molecule has 0 aliphatic carbocycles. The summed E-state index contributed by atoms with van der Waals surface area (Å²) < 4.78 is 0. The van der Waals surface area contributed by atoms with Crippen LogP contribution in [0.25, 0.3) is 0 Å². The van der Waals surface area contributed by atoms with Gasteiger partial charge in [-0.2, -0.15) is 0 Å². The second-order valence-electron chi connectivity index (χ2n) is 1.66. The van der Waals surface area contributed by atoms with Crippen LogP contribution in [-0.4, -0.2) is 17.2 Å². The van der Waals surface area contributed by atoms with Gasteiger partial charge in [-0.1, -0.05) is 11.6 Å². The lowest BCUT2D eigenvalue weighted by Gasteiger charge is -2.20. The van der Waals surface area contributed by atoms with Crippen LogP contribution in [0.15, 0.2) is 0 Å². The van der Waals surface area contributed by atoms with E-state index in [1.54, 1.807) is 0 Å². The van der Waals surface area contributed by atoms with Crippen LogP contribution < -0.4 is 10.6 Å². The molecule has 1 saturated heterocycles. The molecule has 1 heterocycles. The average molecular weight is 151 g/mol. The quantitative estimate of drug-likeness (QED) is 0.297. The fourth-order valence-corrected chi connectivity index (χ4v) is 1.11. The number of halogens is 1. The van der Waals surface area contributed by atoms with Gasteiger partial charge >= 0.3 is 0 Å². The van der Waals surface area contributed by atoms with Crippen molar-refractivity contribution in [3.05, 3.63) is 0 Å². The highest BCUT2D eigenvalue weighted by atomic mass is 35.5. The van der Waals surface area contributed by atoms with Crippen molar-refractivity contribution in [2.45, 2.75) is 11.9 Å². The predicted octanol–water partition coefficient (Wildman–Crippen LogP) is 0.419. The predicted molar refractivity (Wildman–Crippen MR) is 38.0 cm³/mol. The first-order chi connectivity index (χ1) is 3.79.